The fourth-order valence-electron chi connectivity index (χ4n) is 1.29. The molecule has 0 unspecified atom stereocenters. The molecule has 1 aromatic heterocycles. The van der Waals surface area contributed by atoms with Gasteiger partial charge < -0.3 is 0 Å². The van der Waals surface area contributed by atoms with Crippen LogP contribution in [0.25, 0.3) is 0 Å². The third-order valence-electron chi connectivity index (χ3n) is 2.14. The van der Waals surface area contributed by atoms with Crippen LogP contribution in [-0.4, -0.2) is 11.5 Å². The first-order valence-electron chi connectivity index (χ1n) is 4.92. The molecule has 0 aliphatic carbocycles. The van der Waals surface area contributed by atoms with Gasteiger partial charge >= 0.3 is 0 Å². The van der Waals surface area contributed by atoms with E-state index in [2.05, 4.69) is 15.9 Å². The van der Waals surface area contributed by atoms with Crippen LogP contribution >= 0.6 is 62.2 Å². The Kier molecular flexibility index (Phi) is 5.15. The van der Waals surface area contributed by atoms with E-state index in [1.165, 1.54) is 23.1 Å². The summed E-state index contributed by atoms with van der Waals surface area (Å²) in [6.45, 7) is 0. The van der Waals surface area contributed by atoms with Gasteiger partial charge in [0, 0.05) is 14.9 Å². The van der Waals surface area contributed by atoms with Gasteiger partial charge in [-0.3, -0.25) is 4.79 Å². The Morgan fingerprint density at radius 2 is 1.94 bits per heavy atom. The minimum atomic E-state index is -0.00364. The zero-order valence-electron chi connectivity index (χ0n) is 8.95. The number of carbonyl (C=O) groups is 1. The molecule has 0 saturated heterocycles. The van der Waals surface area contributed by atoms with E-state index >= 15 is 0 Å². The number of benzene rings is 1. The minimum Gasteiger partial charge on any atom is -0.293 e. The van der Waals surface area contributed by atoms with Gasteiger partial charge in [-0.25, -0.2) is 0 Å². The molecule has 6 heteroatoms. The molecule has 94 valence electrons. The summed E-state index contributed by atoms with van der Waals surface area (Å²) in [5, 5.41) is 0. The number of thioether (sulfide) groups is 1. The van der Waals surface area contributed by atoms with Crippen molar-refractivity contribution >= 4 is 68.0 Å². The second-order valence-corrected chi connectivity index (χ2v) is 7.65. The first kappa shape index (κ1) is 14.4. The first-order chi connectivity index (χ1) is 8.56. The quantitative estimate of drug-likeness (QED) is 0.492. The number of thiophene rings is 1. The molecule has 2 rings (SSSR count). The van der Waals surface area contributed by atoms with Crippen LogP contribution in [0.1, 0.15) is 10.4 Å². The van der Waals surface area contributed by atoms with Crippen LogP contribution in [0.5, 0.6) is 0 Å². The normalized spacial score (nSPS) is 10.6. The van der Waals surface area contributed by atoms with E-state index in [1.54, 1.807) is 6.07 Å². The van der Waals surface area contributed by atoms with Crippen molar-refractivity contribution in [3.8, 4) is 0 Å². The largest absolute Gasteiger partial charge is 0.293 e. The van der Waals surface area contributed by atoms with Crippen LogP contribution in [0.2, 0.25) is 8.67 Å². The Morgan fingerprint density at radius 3 is 2.50 bits per heavy atom. The lowest BCUT2D eigenvalue weighted by molar-refractivity contribution is 0.102. The van der Waals surface area contributed by atoms with E-state index in [1.807, 2.05) is 24.3 Å². The van der Waals surface area contributed by atoms with Crippen LogP contribution in [0.15, 0.2) is 39.7 Å². The smallest absolute Gasteiger partial charge is 0.175 e. The summed E-state index contributed by atoms with van der Waals surface area (Å²) >= 11 is 17.8. The third kappa shape index (κ3) is 3.75. The molecule has 0 N–H and O–H groups in total. The Hall–Kier alpha value is -0.0000000000000000555. The maximum atomic E-state index is 12.0. The van der Waals surface area contributed by atoms with E-state index in [0.717, 1.165) is 9.37 Å². The summed E-state index contributed by atoms with van der Waals surface area (Å²) in [6, 6.07) is 9.44. The fourth-order valence-corrected chi connectivity index (χ4v) is 3.83. The molecule has 1 aromatic carbocycles. The fraction of sp³-hybridized carbons (Fsp3) is 0.0833. The van der Waals surface area contributed by atoms with Crippen LogP contribution in [0.3, 0.4) is 0 Å². The van der Waals surface area contributed by atoms with Crippen LogP contribution in [0.4, 0.5) is 0 Å². The molecular weight excluding hydrogens is 375 g/mol. The molecule has 1 heterocycles. The van der Waals surface area contributed by atoms with Crippen molar-refractivity contribution in [3.63, 3.8) is 0 Å². The van der Waals surface area contributed by atoms with Crippen LogP contribution in [0, 0.1) is 0 Å². The van der Waals surface area contributed by atoms with Crippen molar-refractivity contribution in [3.05, 3.63) is 49.0 Å². The average Bonchev–Trinajstić information content (AvgIpc) is 2.67. The number of rotatable bonds is 4. The Morgan fingerprint density at radius 1 is 1.28 bits per heavy atom. The number of carbonyl (C=O) groups excluding carboxylic acids is 1. The van der Waals surface area contributed by atoms with Crippen molar-refractivity contribution in [1.29, 1.82) is 0 Å². The number of hydrogen-bond donors (Lipinski definition) is 0. The Labute approximate surface area is 132 Å². The highest BCUT2D eigenvalue weighted by Crippen LogP contribution is 2.32. The number of halogens is 3. The molecule has 1 nitrogen and oxygen atoms in total. The SMILES string of the molecule is O=C(CSc1ccc(Br)cc1)c1cc(Cl)sc1Cl. The summed E-state index contributed by atoms with van der Waals surface area (Å²) < 4.78 is 2.02. The summed E-state index contributed by atoms with van der Waals surface area (Å²) in [4.78, 5) is 13.0. The Balaban J connectivity index is 2.00. The van der Waals surface area contributed by atoms with Gasteiger partial charge in [0.05, 0.1) is 10.1 Å². The zero-order valence-corrected chi connectivity index (χ0v) is 13.7. The monoisotopic (exact) mass is 380 g/mol. The Bertz CT molecular complexity index is 566. The van der Waals surface area contributed by atoms with E-state index in [0.29, 0.717) is 20.0 Å². The summed E-state index contributed by atoms with van der Waals surface area (Å²) in [5.41, 5.74) is 0.510. The van der Waals surface area contributed by atoms with Crippen molar-refractivity contribution in [1.82, 2.24) is 0 Å². The maximum absolute atomic E-state index is 12.0. The summed E-state index contributed by atoms with van der Waals surface area (Å²) in [7, 11) is 0. The van der Waals surface area contributed by atoms with Crippen molar-refractivity contribution < 1.29 is 4.79 Å². The molecule has 0 bridgehead atoms. The minimum absolute atomic E-state index is 0.00364. The van der Waals surface area contributed by atoms with E-state index < -0.39 is 0 Å². The van der Waals surface area contributed by atoms with Gasteiger partial charge in [-0.15, -0.1) is 23.1 Å². The van der Waals surface area contributed by atoms with Gasteiger partial charge in [-0.1, -0.05) is 39.1 Å². The third-order valence-corrected chi connectivity index (χ3v) is 5.17. The molecule has 0 amide bonds. The maximum Gasteiger partial charge on any atom is 0.175 e. The molecule has 0 atom stereocenters. The number of Topliss-reactive ketones (excluding diaryl/α,β-unsaturated/α-hetero) is 1. The molecule has 0 spiro atoms. The molecular formula is C12H7BrCl2OS2. The second kappa shape index (κ2) is 6.44. The standard InChI is InChI=1S/C12H7BrCl2OS2/c13-7-1-3-8(4-2-7)17-6-10(16)9-5-11(14)18-12(9)15/h1-5H,6H2. The topological polar surface area (TPSA) is 17.1 Å². The van der Waals surface area contributed by atoms with Gasteiger partial charge in [0.15, 0.2) is 5.78 Å². The van der Waals surface area contributed by atoms with E-state index in [-0.39, 0.29) is 5.78 Å². The molecule has 0 aliphatic heterocycles. The lowest BCUT2D eigenvalue weighted by atomic mass is 10.2. The van der Waals surface area contributed by atoms with Crippen LogP contribution < -0.4 is 0 Å². The average molecular weight is 382 g/mol. The number of ketones is 1. The van der Waals surface area contributed by atoms with E-state index in [9.17, 15) is 4.79 Å². The summed E-state index contributed by atoms with van der Waals surface area (Å²) in [5.74, 6) is 0.352. The molecule has 0 fully saturated rings. The predicted octanol–water partition coefficient (Wildman–Crippen LogP) is 5.79. The van der Waals surface area contributed by atoms with Crippen LogP contribution in [-0.2, 0) is 0 Å². The number of hydrogen-bond acceptors (Lipinski definition) is 3. The highest BCUT2D eigenvalue weighted by atomic mass is 79.9. The van der Waals surface area contributed by atoms with E-state index in [4.69, 9.17) is 23.2 Å². The van der Waals surface area contributed by atoms with Crippen molar-refractivity contribution in [2.75, 3.05) is 5.75 Å². The lowest BCUT2D eigenvalue weighted by Gasteiger charge is -2.01. The summed E-state index contributed by atoms with van der Waals surface area (Å²) in [6.07, 6.45) is 0. The van der Waals surface area contributed by atoms with Gasteiger partial charge in [0.2, 0.25) is 0 Å². The molecule has 0 saturated carbocycles. The van der Waals surface area contributed by atoms with Gasteiger partial charge in [0.1, 0.15) is 4.34 Å². The zero-order chi connectivity index (χ0) is 13.1. The van der Waals surface area contributed by atoms with Crippen molar-refractivity contribution in [2.24, 2.45) is 0 Å². The van der Waals surface area contributed by atoms with Gasteiger partial charge in [-0.05, 0) is 30.3 Å². The molecule has 2 aromatic rings. The predicted molar refractivity (Wildman–Crippen MR) is 83.5 cm³/mol. The molecule has 0 aliphatic rings. The van der Waals surface area contributed by atoms with Gasteiger partial charge in [-0.2, -0.15) is 0 Å². The highest BCUT2D eigenvalue weighted by Gasteiger charge is 2.14. The van der Waals surface area contributed by atoms with Gasteiger partial charge in [0.25, 0.3) is 0 Å². The first-order valence-corrected chi connectivity index (χ1v) is 8.28. The molecule has 0 radical (unpaired) electrons. The van der Waals surface area contributed by atoms with Crippen molar-refractivity contribution in [2.45, 2.75) is 4.90 Å². The highest BCUT2D eigenvalue weighted by molar-refractivity contribution is 9.10. The lowest BCUT2D eigenvalue weighted by Crippen LogP contribution is -2.00. The second-order valence-electron chi connectivity index (χ2n) is 3.40. The molecule has 18 heavy (non-hydrogen) atoms.